The molecule has 1 amide bonds. The van der Waals surface area contributed by atoms with Gasteiger partial charge in [0.25, 0.3) is 5.91 Å². The highest BCUT2D eigenvalue weighted by molar-refractivity contribution is 5.94. The van der Waals surface area contributed by atoms with Gasteiger partial charge in [-0.15, -0.1) is 0 Å². The van der Waals surface area contributed by atoms with E-state index in [1.165, 1.54) is 32.1 Å². The van der Waals surface area contributed by atoms with Crippen LogP contribution < -0.4 is 10.6 Å². The zero-order valence-electron chi connectivity index (χ0n) is 16.7. The number of carbonyl (C=O) groups is 1. The van der Waals surface area contributed by atoms with Gasteiger partial charge in [-0.2, -0.15) is 0 Å². The molecule has 5 nitrogen and oxygen atoms in total. The Bertz CT molecular complexity index is 604. The van der Waals surface area contributed by atoms with E-state index in [2.05, 4.69) is 28.6 Å². The molecule has 0 spiro atoms. The predicted molar refractivity (Wildman–Crippen MR) is 109 cm³/mol. The van der Waals surface area contributed by atoms with Crippen molar-refractivity contribution in [3.8, 4) is 0 Å². The fourth-order valence-corrected chi connectivity index (χ4v) is 3.55. The van der Waals surface area contributed by atoms with Crippen molar-refractivity contribution < 1.29 is 4.79 Å². The van der Waals surface area contributed by atoms with Crippen molar-refractivity contribution in [3.63, 3.8) is 0 Å². The van der Waals surface area contributed by atoms with Crippen LogP contribution in [0.25, 0.3) is 0 Å². The first-order valence-corrected chi connectivity index (χ1v) is 9.81. The topological polar surface area (TPSA) is 56.7 Å². The normalized spacial score (nSPS) is 20.5. The first-order chi connectivity index (χ1) is 12.5. The highest BCUT2D eigenvalue weighted by Gasteiger charge is 2.20. The molecule has 0 unspecified atom stereocenters. The largest absolute Gasteiger partial charge is 0.356 e. The van der Waals surface area contributed by atoms with Gasteiger partial charge in [-0.1, -0.05) is 25.5 Å². The summed E-state index contributed by atoms with van der Waals surface area (Å²) in [4.78, 5) is 18.0. The van der Waals surface area contributed by atoms with Crippen LogP contribution in [0.1, 0.15) is 54.9 Å². The van der Waals surface area contributed by atoms with Gasteiger partial charge in [0.05, 0.1) is 0 Å². The van der Waals surface area contributed by atoms with E-state index in [4.69, 9.17) is 0 Å². The van der Waals surface area contributed by atoms with Crippen LogP contribution in [0, 0.1) is 5.92 Å². The van der Waals surface area contributed by atoms with Gasteiger partial charge < -0.3 is 15.5 Å². The molecule has 5 heteroatoms. The van der Waals surface area contributed by atoms with Crippen LogP contribution in [0.3, 0.4) is 0 Å². The minimum absolute atomic E-state index is 0.0416. The van der Waals surface area contributed by atoms with E-state index in [9.17, 15) is 4.79 Å². The summed E-state index contributed by atoms with van der Waals surface area (Å²) in [7, 11) is 5.38. The lowest BCUT2D eigenvalue weighted by Gasteiger charge is -2.29. The molecule has 2 N–H and O–H groups in total. The molecule has 0 aromatic heterocycles. The molecule has 0 bridgehead atoms. The summed E-state index contributed by atoms with van der Waals surface area (Å²) in [5, 5.41) is 6.96. The summed E-state index contributed by atoms with van der Waals surface area (Å²) < 4.78 is 0. The van der Waals surface area contributed by atoms with E-state index in [-0.39, 0.29) is 5.91 Å². The molecule has 1 aliphatic rings. The minimum Gasteiger partial charge on any atom is -0.356 e. The van der Waals surface area contributed by atoms with Crippen molar-refractivity contribution >= 4 is 11.9 Å². The second kappa shape index (κ2) is 10.2. The number of hydrogen-bond donors (Lipinski definition) is 2. The van der Waals surface area contributed by atoms with Gasteiger partial charge in [0, 0.05) is 39.3 Å². The lowest BCUT2D eigenvalue weighted by atomic mass is 9.84. The van der Waals surface area contributed by atoms with Gasteiger partial charge in [0.2, 0.25) is 0 Å². The Hall–Kier alpha value is -2.04. The molecule has 0 saturated heterocycles. The number of carbonyl (C=O) groups excluding carboxylic acids is 1. The third kappa shape index (κ3) is 6.04. The number of hydrogen-bond acceptors (Lipinski definition) is 2. The number of rotatable bonds is 6. The van der Waals surface area contributed by atoms with Crippen molar-refractivity contribution in [1.82, 2.24) is 15.5 Å². The number of amides is 1. The summed E-state index contributed by atoms with van der Waals surface area (Å²) >= 11 is 0. The predicted octanol–water partition coefficient (Wildman–Crippen LogP) is 3.06. The number of guanidine groups is 1. The van der Waals surface area contributed by atoms with Crippen molar-refractivity contribution in [2.24, 2.45) is 10.9 Å². The molecule has 1 aromatic carbocycles. The van der Waals surface area contributed by atoms with Gasteiger partial charge in [-0.3, -0.25) is 9.79 Å². The number of aliphatic imine (C=N–C) groups is 1. The molecule has 0 aliphatic heterocycles. The molecule has 1 aromatic rings. The summed E-state index contributed by atoms with van der Waals surface area (Å²) in [6.45, 7) is 3.09. The van der Waals surface area contributed by atoms with Crippen LogP contribution in [-0.2, 0) is 6.42 Å². The number of nitrogens with zero attached hydrogens (tertiary/aromatic N) is 2. The molecule has 144 valence electrons. The van der Waals surface area contributed by atoms with E-state index in [0.717, 1.165) is 36.0 Å². The van der Waals surface area contributed by atoms with Crippen molar-refractivity contribution in [2.75, 3.05) is 27.7 Å². The van der Waals surface area contributed by atoms with Crippen LogP contribution in [0.2, 0.25) is 0 Å². The van der Waals surface area contributed by atoms with Crippen molar-refractivity contribution in [1.29, 1.82) is 0 Å². The van der Waals surface area contributed by atoms with Crippen LogP contribution in [-0.4, -0.2) is 50.5 Å². The molecule has 0 heterocycles. The van der Waals surface area contributed by atoms with Crippen LogP contribution >= 0.6 is 0 Å². The van der Waals surface area contributed by atoms with Crippen LogP contribution in [0.15, 0.2) is 29.3 Å². The molecule has 1 fully saturated rings. The molecular formula is C21H34N4O. The van der Waals surface area contributed by atoms with E-state index < -0.39 is 0 Å². The maximum absolute atomic E-state index is 12.1. The van der Waals surface area contributed by atoms with E-state index >= 15 is 0 Å². The minimum atomic E-state index is 0.0416. The van der Waals surface area contributed by atoms with E-state index in [0.29, 0.717) is 6.04 Å². The first kappa shape index (κ1) is 20.3. The molecule has 1 saturated carbocycles. The monoisotopic (exact) mass is 358 g/mol. The van der Waals surface area contributed by atoms with E-state index in [1.54, 1.807) is 19.0 Å². The summed E-state index contributed by atoms with van der Waals surface area (Å²) in [6.07, 6.45) is 7.25. The number of benzene rings is 1. The molecule has 2 rings (SSSR count). The first-order valence-electron chi connectivity index (χ1n) is 9.81. The van der Waals surface area contributed by atoms with E-state index in [1.807, 2.05) is 25.2 Å². The quantitative estimate of drug-likeness (QED) is 0.607. The summed E-state index contributed by atoms with van der Waals surface area (Å²) in [6, 6.07) is 8.39. The smallest absolute Gasteiger partial charge is 0.253 e. The molecule has 26 heavy (non-hydrogen) atoms. The second-order valence-corrected chi connectivity index (χ2v) is 7.42. The van der Waals surface area contributed by atoms with Crippen molar-refractivity contribution in [2.45, 2.75) is 51.5 Å². The second-order valence-electron chi connectivity index (χ2n) is 7.42. The summed E-state index contributed by atoms with van der Waals surface area (Å²) in [5.74, 6) is 1.82. The molecular weight excluding hydrogens is 324 g/mol. The molecule has 0 atom stereocenters. The Morgan fingerprint density at radius 3 is 2.58 bits per heavy atom. The fraction of sp³-hybridized carbons (Fsp3) is 0.619. The maximum Gasteiger partial charge on any atom is 0.253 e. The fourth-order valence-electron chi connectivity index (χ4n) is 3.55. The SMILES string of the molecule is CCC1CCC(NC(=NC)NCCc2cccc(C(=O)N(C)C)c2)CC1. The zero-order chi connectivity index (χ0) is 18.9. The third-order valence-electron chi connectivity index (χ3n) is 5.27. The Kier molecular flexibility index (Phi) is 7.95. The highest BCUT2D eigenvalue weighted by atomic mass is 16.2. The average molecular weight is 359 g/mol. The Morgan fingerprint density at radius 1 is 1.23 bits per heavy atom. The van der Waals surface area contributed by atoms with Gasteiger partial charge in [0.15, 0.2) is 5.96 Å². The summed E-state index contributed by atoms with van der Waals surface area (Å²) in [5.41, 5.74) is 1.90. The Balaban J connectivity index is 1.79. The van der Waals surface area contributed by atoms with Crippen LogP contribution in [0.5, 0.6) is 0 Å². The molecule has 1 aliphatic carbocycles. The Morgan fingerprint density at radius 2 is 1.96 bits per heavy atom. The average Bonchev–Trinajstić information content (AvgIpc) is 2.67. The van der Waals surface area contributed by atoms with Crippen molar-refractivity contribution in [3.05, 3.63) is 35.4 Å². The highest BCUT2D eigenvalue weighted by Crippen LogP contribution is 2.26. The van der Waals surface area contributed by atoms with Crippen LogP contribution in [0.4, 0.5) is 0 Å². The van der Waals surface area contributed by atoms with Gasteiger partial charge >= 0.3 is 0 Å². The maximum atomic E-state index is 12.1. The number of nitrogens with one attached hydrogen (secondary N) is 2. The molecule has 0 radical (unpaired) electrons. The lowest BCUT2D eigenvalue weighted by molar-refractivity contribution is 0.0827. The van der Waals surface area contributed by atoms with Gasteiger partial charge in [0.1, 0.15) is 0 Å². The third-order valence-corrected chi connectivity index (χ3v) is 5.27. The van der Waals surface area contributed by atoms with Gasteiger partial charge in [-0.25, -0.2) is 0 Å². The van der Waals surface area contributed by atoms with Gasteiger partial charge in [-0.05, 0) is 55.7 Å². The zero-order valence-corrected chi connectivity index (χ0v) is 16.7. The standard InChI is InChI=1S/C21H34N4O/c1-5-16-9-11-19(12-10-16)24-21(22-2)23-14-13-17-7-6-8-18(15-17)20(26)25(3)4/h6-8,15-16,19H,5,9-14H2,1-4H3,(H2,22,23,24). The Labute approximate surface area is 158 Å². The lowest BCUT2D eigenvalue weighted by Crippen LogP contribution is -2.45.